The molecule has 1 saturated heterocycles. The molecule has 0 unspecified atom stereocenters. The lowest BCUT2D eigenvalue weighted by Gasteiger charge is -2.35. The Morgan fingerprint density at radius 1 is 1.10 bits per heavy atom. The first-order valence-corrected chi connectivity index (χ1v) is 7.03. The lowest BCUT2D eigenvalue weighted by molar-refractivity contribution is -0.132. The summed E-state index contributed by atoms with van der Waals surface area (Å²) >= 11 is 6.03. The van der Waals surface area contributed by atoms with Crippen LogP contribution in [0.4, 0.5) is 0 Å². The molecule has 0 spiro atoms. The molecule has 2 N–H and O–H groups in total. The molecule has 1 aliphatic rings. The van der Waals surface area contributed by atoms with Crippen LogP contribution in [0.2, 0.25) is 5.02 Å². The molecule has 5 nitrogen and oxygen atoms in total. The first kappa shape index (κ1) is 14.8. The molecule has 108 valence electrons. The van der Waals surface area contributed by atoms with Crippen LogP contribution in [-0.2, 0) is 4.79 Å². The van der Waals surface area contributed by atoms with Crippen molar-refractivity contribution in [3.05, 3.63) is 34.9 Å². The Morgan fingerprint density at radius 3 is 2.30 bits per heavy atom. The van der Waals surface area contributed by atoms with Gasteiger partial charge in [0.25, 0.3) is 5.91 Å². The highest BCUT2D eigenvalue weighted by atomic mass is 35.5. The van der Waals surface area contributed by atoms with Crippen molar-refractivity contribution in [2.75, 3.05) is 32.7 Å². The van der Waals surface area contributed by atoms with Crippen molar-refractivity contribution in [1.82, 2.24) is 9.80 Å². The number of hydrogen-bond acceptors (Lipinski definition) is 3. The lowest BCUT2D eigenvalue weighted by atomic mass is 10.1. The van der Waals surface area contributed by atoms with Gasteiger partial charge in [-0.2, -0.15) is 0 Å². The van der Waals surface area contributed by atoms with Crippen LogP contribution in [0.5, 0.6) is 0 Å². The number of hydrogen-bond donors (Lipinski definition) is 1. The van der Waals surface area contributed by atoms with Crippen LogP contribution in [0, 0.1) is 0 Å². The van der Waals surface area contributed by atoms with E-state index >= 15 is 0 Å². The molecular weight excluding hydrogens is 278 g/mol. The fourth-order valence-electron chi connectivity index (χ4n) is 2.25. The number of amides is 2. The van der Waals surface area contributed by atoms with Gasteiger partial charge in [-0.15, -0.1) is 0 Å². The number of nitrogens with two attached hydrogens (primary N) is 1. The van der Waals surface area contributed by atoms with Crippen molar-refractivity contribution in [3.8, 4) is 0 Å². The second kappa shape index (κ2) is 6.72. The van der Waals surface area contributed by atoms with E-state index in [2.05, 4.69) is 0 Å². The minimum atomic E-state index is -0.0819. The summed E-state index contributed by atoms with van der Waals surface area (Å²) in [6.07, 6.45) is 0.360. The molecule has 2 rings (SSSR count). The molecular formula is C14H18ClN3O2. The summed E-state index contributed by atoms with van der Waals surface area (Å²) in [5.74, 6) is -0.0288. The molecule has 1 heterocycles. The standard InChI is InChI=1S/C14H18ClN3O2/c15-12-4-2-1-3-11(12)14(20)18-9-7-17(8-10-18)13(19)5-6-16/h1-4H,5-10,16H2. The molecule has 0 aliphatic carbocycles. The van der Waals surface area contributed by atoms with Crippen molar-refractivity contribution in [1.29, 1.82) is 0 Å². The highest BCUT2D eigenvalue weighted by Gasteiger charge is 2.25. The maximum Gasteiger partial charge on any atom is 0.255 e. The second-order valence-electron chi connectivity index (χ2n) is 4.69. The predicted molar refractivity (Wildman–Crippen MR) is 77.6 cm³/mol. The van der Waals surface area contributed by atoms with Crippen molar-refractivity contribution >= 4 is 23.4 Å². The maximum atomic E-state index is 12.3. The minimum absolute atomic E-state index is 0.0531. The van der Waals surface area contributed by atoms with E-state index in [9.17, 15) is 9.59 Å². The van der Waals surface area contributed by atoms with Gasteiger partial charge in [0.1, 0.15) is 0 Å². The van der Waals surface area contributed by atoms with Gasteiger partial charge < -0.3 is 15.5 Å². The van der Waals surface area contributed by atoms with Crippen molar-refractivity contribution in [3.63, 3.8) is 0 Å². The lowest BCUT2D eigenvalue weighted by Crippen LogP contribution is -2.50. The maximum absolute atomic E-state index is 12.3. The topological polar surface area (TPSA) is 66.6 Å². The van der Waals surface area contributed by atoms with Crippen LogP contribution in [0.25, 0.3) is 0 Å². The van der Waals surface area contributed by atoms with Crippen LogP contribution < -0.4 is 5.73 Å². The Labute approximate surface area is 123 Å². The molecule has 1 aliphatic heterocycles. The molecule has 1 fully saturated rings. The fourth-order valence-corrected chi connectivity index (χ4v) is 2.46. The number of rotatable bonds is 3. The molecule has 0 aromatic heterocycles. The average molecular weight is 296 g/mol. The molecule has 1 aromatic rings. The fraction of sp³-hybridized carbons (Fsp3) is 0.429. The van der Waals surface area contributed by atoms with Crippen LogP contribution in [0.3, 0.4) is 0 Å². The Balaban J connectivity index is 1.96. The molecule has 0 bridgehead atoms. The van der Waals surface area contributed by atoms with Gasteiger partial charge in [0.05, 0.1) is 10.6 Å². The molecule has 0 atom stereocenters. The molecule has 20 heavy (non-hydrogen) atoms. The van der Waals surface area contributed by atoms with Gasteiger partial charge in [-0.3, -0.25) is 9.59 Å². The van der Waals surface area contributed by atoms with Gasteiger partial charge in [-0.25, -0.2) is 0 Å². The monoisotopic (exact) mass is 295 g/mol. The molecule has 2 amide bonds. The van der Waals surface area contributed by atoms with E-state index in [1.807, 2.05) is 0 Å². The first-order valence-electron chi connectivity index (χ1n) is 6.65. The molecule has 6 heteroatoms. The number of benzene rings is 1. The van der Waals surface area contributed by atoms with Crippen LogP contribution >= 0.6 is 11.6 Å². The average Bonchev–Trinajstić information content (AvgIpc) is 2.47. The Kier molecular flexibility index (Phi) is 4.98. The van der Waals surface area contributed by atoms with Gasteiger partial charge in [-0.1, -0.05) is 23.7 Å². The number of carbonyl (C=O) groups is 2. The summed E-state index contributed by atoms with van der Waals surface area (Å²) in [4.78, 5) is 27.5. The van der Waals surface area contributed by atoms with Crippen molar-refractivity contribution in [2.45, 2.75) is 6.42 Å². The van der Waals surface area contributed by atoms with Crippen molar-refractivity contribution in [2.24, 2.45) is 5.73 Å². The number of piperazine rings is 1. The van der Waals surface area contributed by atoms with E-state index in [1.54, 1.807) is 34.1 Å². The van der Waals surface area contributed by atoms with Crippen LogP contribution in [0.1, 0.15) is 16.8 Å². The largest absolute Gasteiger partial charge is 0.339 e. The zero-order valence-electron chi connectivity index (χ0n) is 11.2. The van der Waals surface area contributed by atoms with Gasteiger partial charge in [0.2, 0.25) is 5.91 Å². The number of halogens is 1. The minimum Gasteiger partial charge on any atom is -0.339 e. The number of carbonyl (C=O) groups excluding carboxylic acids is 2. The quantitative estimate of drug-likeness (QED) is 0.904. The highest BCUT2D eigenvalue weighted by Crippen LogP contribution is 2.18. The van der Waals surface area contributed by atoms with Crippen molar-refractivity contribution < 1.29 is 9.59 Å². The summed E-state index contributed by atoms with van der Waals surface area (Å²) in [5.41, 5.74) is 5.89. The van der Waals surface area contributed by atoms with Gasteiger partial charge >= 0.3 is 0 Å². The zero-order chi connectivity index (χ0) is 14.5. The predicted octanol–water partition coefficient (Wildman–Crippen LogP) is 0.973. The van der Waals surface area contributed by atoms with Gasteiger partial charge in [0.15, 0.2) is 0 Å². The van der Waals surface area contributed by atoms with E-state index in [-0.39, 0.29) is 11.8 Å². The zero-order valence-corrected chi connectivity index (χ0v) is 12.0. The van der Waals surface area contributed by atoms with E-state index in [4.69, 9.17) is 17.3 Å². The number of nitrogens with zero attached hydrogens (tertiary/aromatic N) is 2. The summed E-state index contributed by atoms with van der Waals surface area (Å²) in [7, 11) is 0. The van der Waals surface area contributed by atoms with E-state index in [0.717, 1.165) is 0 Å². The molecule has 0 saturated carbocycles. The third-order valence-corrected chi connectivity index (χ3v) is 3.71. The van der Waals surface area contributed by atoms with Crippen LogP contribution in [0.15, 0.2) is 24.3 Å². The summed E-state index contributed by atoms with van der Waals surface area (Å²) in [6, 6.07) is 7.01. The smallest absolute Gasteiger partial charge is 0.255 e. The SMILES string of the molecule is NCCC(=O)N1CCN(C(=O)c2ccccc2Cl)CC1. The third kappa shape index (κ3) is 3.29. The second-order valence-corrected chi connectivity index (χ2v) is 5.10. The first-order chi connectivity index (χ1) is 9.63. The van der Waals surface area contributed by atoms with Crippen LogP contribution in [-0.4, -0.2) is 54.3 Å². The Morgan fingerprint density at radius 2 is 1.70 bits per heavy atom. The Hall–Kier alpha value is -1.59. The normalized spacial score (nSPS) is 15.3. The van der Waals surface area contributed by atoms with E-state index in [0.29, 0.717) is 49.7 Å². The molecule has 1 aromatic carbocycles. The van der Waals surface area contributed by atoms with Gasteiger partial charge in [-0.05, 0) is 12.1 Å². The molecule has 0 radical (unpaired) electrons. The van der Waals surface area contributed by atoms with E-state index < -0.39 is 0 Å². The van der Waals surface area contributed by atoms with Gasteiger partial charge in [0, 0.05) is 39.1 Å². The van der Waals surface area contributed by atoms with E-state index in [1.165, 1.54) is 0 Å². The third-order valence-electron chi connectivity index (χ3n) is 3.38. The highest BCUT2D eigenvalue weighted by molar-refractivity contribution is 6.33. The summed E-state index contributed by atoms with van der Waals surface area (Å²) < 4.78 is 0. The Bertz CT molecular complexity index is 499. The summed E-state index contributed by atoms with van der Waals surface area (Å²) in [6.45, 7) is 2.52. The summed E-state index contributed by atoms with van der Waals surface area (Å²) in [5, 5.41) is 0.458.